The van der Waals surface area contributed by atoms with Gasteiger partial charge in [0.05, 0.1) is 31.2 Å². The molecule has 1 aromatic heterocycles. The second-order valence-electron chi connectivity index (χ2n) is 8.10. The highest BCUT2D eigenvalue weighted by molar-refractivity contribution is 5.79. The van der Waals surface area contributed by atoms with Crippen molar-refractivity contribution in [3.8, 4) is 23.0 Å². The molecule has 0 saturated carbocycles. The number of hydrogen-bond donors (Lipinski definition) is 1. The molecule has 1 fully saturated rings. The topological polar surface area (TPSA) is 82.8 Å². The number of carboxylic acids is 1. The Hall–Kier alpha value is -4.05. The highest BCUT2D eigenvalue weighted by atomic mass is 19.4. The van der Waals surface area contributed by atoms with E-state index in [9.17, 15) is 18.0 Å². The predicted molar refractivity (Wildman–Crippen MR) is 119 cm³/mol. The molecule has 1 aliphatic rings. The Labute approximate surface area is 197 Å². The summed E-state index contributed by atoms with van der Waals surface area (Å²) < 4.78 is 59.6. The van der Waals surface area contributed by atoms with Crippen LogP contribution in [0.4, 0.5) is 13.2 Å². The summed E-state index contributed by atoms with van der Waals surface area (Å²) in [6.45, 7) is 1.19. The molecule has 4 aromatic rings. The van der Waals surface area contributed by atoms with Crippen LogP contribution in [-0.2, 0) is 22.1 Å². The van der Waals surface area contributed by atoms with Crippen molar-refractivity contribution in [3.05, 3.63) is 78.0 Å². The average molecular weight is 484 g/mol. The number of benzene rings is 3. The van der Waals surface area contributed by atoms with Gasteiger partial charge in [-0.3, -0.25) is 9.48 Å². The minimum atomic E-state index is -4.71. The number of carbonyl (C=O) groups is 1. The number of nitrogens with zero attached hydrogens (tertiary/aromatic N) is 2. The average Bonchev–Trinajstić information content (AvgIpc) is 3.15. The van der Waals surface area contributed by atoms with Crippen molar-refractivity contribution in [3.63, 3.8) is 0 Å². The lowest BCUT2D eigenvalue weighted by Gasteiger charge is -2.25. The number of fused-ring (bicyclic) bond motifs is 1. The minimum absolute atomic E-state index is 0.0181. The van der Waals surface area contributed by atoms with Gasteiger partial charge in [-0.05, 0) is 48.0 Å². The van der Waals surface area contributed by atoms with Crippen molar-refractivity contribution in [2.45, 2.75) is 18.6 Å². The molecule has 0 unspecified atom stereocenters. The Morgan fingerprint density at radius 1 is 1.03 bits per heavy atom. The van der Waals surface area contributed by atoms with Crippen LogP contribution >= 0.6 is 0 Å². The molecule has 1 aliphatic heterocycles. The van der Waals surface area contributed by atoms with Crippen LogP contribution in [0.25, 0.3) is 10.9 Å². The smallest absolute Gasteiger partial charge is 0.420 e. The van der Waals surface area contributed by atoms with Crippen molar-refractivity contribution in [2.24, 2.45) is 0 Å². The number of alkyl halides is 3. The van der Waals surface area contributed by atoms with Crippen LogP contribution in [0.1, 0.15) is 17.2 Å². The standard InChI is InChI=1S/C25H19F3N2O5/c26-25(27,28)21-10-19(6-7-23(21)35-18-3-1-2-15(8-18)9-24(31)32)34-20-5-4-16-12-30(17-13-33-14-17)29-22(16)11-20/h1-8,10-12,17H,9,13-14H2,(H,31,32). The van der Waals surface area contributed by atoms with Gasteiger partial charge in [0.2, 0.25) is 0 Å². The SMILES string of the molecule is O=C(O)Cc1cccc(Oc2ccc(Oc3ccc4cn(C5COC5)nc4c3)cc2C(F)(F)F)c1. The molecule has 180 valence electrons. The van der Waals surface area contributed by atoms with E-state index in [4.69, 9.17) is 19.3 Å². The maximum absolute atomic E-state index is 13.8. The monoisotopic (exact) mass is 484 g/mol. The van der Waals surface area contributed by atoms with Crippen molar-refractivity contribution in [1.29, 1.82) is 0 Å². The van der Waals surface area contributed by atoms with Gasteiger partial charge in [-0.1, -0.05) is 12.1 Å². The van der Waals surface area contributed by atoms with E-state index in [0.29, 0.717) is 30.0 Å². The van der Waals surface area contributed by atoms with Crippen LogP contribution in [0.5, 0.6) is 23.0 Å². The van der Waals surface area contributed by atoms with Crippen LogP contribution in [-0.4, -0.2) is 34.1 Å². The molecule has 10 heteroatoms. The maximum atomic E-state index is 13.8. The molecule has 35 heavy (non-hydrogen) atoms. The molecule has 0 radical (unpaired) electrons. The molecule has 0 amide bonds. The van der Waals surface area contributed by atoms with Crippen molar-refractivity contribution >= 4 is 16.9 Å². The first-order valence-electron chi connectivity index (χ1n) is 10.7. The Morgan fingerprint density at radius 2 is 1.77 bits per heavy atom. The first-order valence-corrected chi connectivity index (χ1v) is 10.7. The number of aromatic nitrogens is 2. The number of rotatable bonds is 7. The van der Waals surface area contributed by atoms with Crippen molar-refractivity contribution < 1.29 is 37.3 Å². The zero-order valence-corrected chi connectivity index (χ0v) is 18.2. The third-order valence-electron chi connectivity index (χ3n) is 5.46. The van der Waals surface area contributed by atoms with E-state index in [0.717, 1.165) is 11.5 Å². The van der Waals surface area contributed by atoms with Gasteiger partial charge in [-0.25, -0.2) is 0 Å². The number of hydrogen-bond acceptors (Lipinski definition) is 5. The number of carboxylic acid groups (broad SMARTS) is 1. The van der Waals surface area contributed by atoms with E-state index in [1.165, 1.54) is 30.3 Å². The molecular formula is C25H19F3N2O5. The van der Waals surface area contributed by atoms with Gasteiger partial charge in [-0.2, -0.15) is 18.3 Å². The molecule has 7 nitrogen and oxygen atoms in total. The molecule has 5 rings (SSSR count). The summed E-state index contributed by atoms with van der Waals surface area (Å²) in [6, 6.07) is 14.6. The van der Waals surface area contributed by atoms with Gasteiger partial charge in [0.15, 0.2) is 0 Å². The Bertz CT molecular complexity index is 1400. The Morgan fingerprint density at radius 3 is 2.49 bits per heavy atom. The summed E-state index contributed by atoms with van der Waals surface area (Å²) in [5, 5.41) is 14.3. The summed E-state index contributed by atoms with van der Waals surface area (Å²) in [5.41, 5.74) is 0.0480. The molecule has 0 aliphatic carbocycles. The molecule has 3 aromatic carbocycles. The fourth-order valence-electron chi connectivity index (χ4n) is 3.68. The third-order valence-corrected chi connectivity index (χ3v) is 5.46. The molecular weight excluding hydrogens is 465 g/mol. The van der Waals surface area contributed by atoms with Gasteiger partial charge >= 0.3 is 12.1 Å². The van der Waals surface area contributed by atoms with Gasteiger partial charge in [0, 0.05) is 17.6 Å². The van der Waals surface area contributed by atoms with E-state index in [1.807, 2.05) is 10.9 Å². The Balaban J connectivity index is 1.39. The van der Waals surface area contributed by atoms with Gasteiger partial charge in [-0.15, -0.1) is 0 Å². The second-order valence-corrected chi connectivity index (χ2v) is 8.10. The van der Waals surface area contributed by atoms with Gasteiger partial charge in [0.1, 0.15) is 28.6 Å². The molecule has 0 bridgehead atoms. The lowest BCUT2D eigenvalue weighted by atomic mass is 10.1. The summed E-state index contributed by atoms with van der Waals surface area (Å²) in [4.78, 5) is 10.9. The van der Waals surface area contributed by atoms with E-state index in [1.54, 1.807) is 24.3 Å². The summed E-state index contributed by atoms with van der Waals surface area (Å²) in [6.07, 6.45) is -3.08. The minimum Gasteiger partial charge on any atom is -0.481 e. The highest BCUT2D eigenvalue weighted by Gasteiger charge is 2.35. The summed E-state index contributed by atoms with van der Waals surface area (Å²) >= 11 is 0. The second kappa shape index (κ2) is 8.95. The van der Waals surface area contributed by atoms with E-state index < -0.39 is 23.5 Å². The summed E-state index contributed by atoms with van der Waals surface area (Å²) in [5.74, 6) is -1.05. The first kappa shape index (κ1) is 22.7. The van der Waals surface area contributed by atoms with Crippen molar-refractivity contribution in [2.75, 3.05) is 13.2 Å². The lowest BCUT2D eigenvalue weighted by molar-refractivity contribution is -0.138. The molecule has 2 heterocycles. The maximum Gasteiger partial charge on any atom is 0.420 e. The van der Waals surface area contributed by atoms with Crippen molar-refractivity contribution in [1.82, 2.24) is 9.78 Å². The van der Waals surface area contributed by atoms with Crippen LogP contribution in [0.3, 0.4) is 0 Å². The van der Waals surface area contributed by atoms with Crippen LogP contribution in [0, 0.1) is 0 Å². The highest BCUT2D eigenvalue weighted by Crippen LogP contribution is 2.41. The Kier molecular flexibility index (Phi) is 5.81. The summed E-state index contributed by atoms with van der Waals surface area (Å²) in [7, 11) is 0. The number of halogens is 3. The van der Waals surface area contributed by atoms with Gasteiger partial charge < -0.3 is 19.3 Å². The number of aliphatic carboxylic acids is 1. The van der Waals surface area contributed by atoms with Crippen LogP contribution in [0.15, 0.2) is 66.9 Å². The first-order chi connectivity index (χ1) is 16.7. The number of ether oxygens (including phenoxy) is 3. The fraction of sp³-hybridized carbons (Fsp3) is 0.200. The largest absolute Gasteiger partial charge is 0.481 e. The van der Waals surface area contributed by atoms with E-state index in [-0.39, 0.29) is 24.0 Å². The van der Waals surface area contributed by atoms with Crippen LogP contribution < -0.4 is 9.47 Å². The molecule has 0 atom stereocenters. The van der Waals surface area contributed by atoms with E-state index >= 15 is 0 Å². The fourth-order valence-corrected chi connectivity index (χ4v) is 3.68. The third kappa shape index (κ3) is 5.07. The quantitative estimate of drug-likeness (QED) is 0.355. The zero-order valence-electron chi connectivity index (χ0n) is 18.2. The van der Waals surface area contributed by atoms with Crippen LogP contribution in [0.2, 0.25) is 0 Å². The predicted octanol–water partition coefficient (Wildman–Crippen LogP) is 5.84. The van der Waals surface area contributed by atoms with Gasteiger partial charge in [0.25, 0.3) is 0 Å². The van der Waals surface area contributed by atoms with E-state index in [2.05, 4.69) is 5.10 Å². The lowest BCUT2D eigenvalue weighted by Crippen LogP contribution is -2.30. The normalized spacial score (nSPS) is 14.0. The zero-order chi connectivity index (χ0) is 24.6. The molecule has 0 spiro atoms. The molecule has 1 N–H and O–H groups in total. The molecule has 1 saturated heterocycles.